The van der Waals surface area contributed by atoms with E-state index in [1.807, 2.05) is 0 Å². The standard InChI is InChI=1S/C22H16N6O4/c1-11-7-15(25-32-11)20(29)26-10-13-8-17(26)19-21(30)28(22(31)27(13)19)16-5-4-12(9-23)18-14(16)3-2-6-24-18/h2-7,13,17,19H,8,10H2,1H3/t13-,17?,19?/m1/s1. The van der Waals surface area contributed by atoms with Crippen LogP contribution in [-0.4, -0.2) is 62.5 Å². The molecule has 1 aromatic carbocycles. The minimum absolute atomic E-state index is 0.194. The Morgan fingerprint density at radius 3 is 2.88 bits per heavy atom. The molecule has 2 aromatic heterocycles. The second-order valence-electron chi connectivity index (χ2n) is 8.19. The van der Waals surface area contributed by atoms with E-state index < -0.39 is 18.1 Å². The van der Waals surface area contributed by atoms with Crippen LogP contribution in [-0.2, 0) is 4.79 Å². The molecule has 3 aliphatic rings. The number of urea groups is 1. The van der Waals surface area contributed by atoms with Crippen molar-refractivity contribution in [1.82, 2.24) is 19.9 Å². The number of likely N-dealkylation sites (tertiary alicyclic amines) is 1. The molecule has 10 heteroatoms. The zero-order chi connectivity index (χ0) is 22.1. The van der Waals surface area contributed by atoms with Crippen molar-refractivity contribution in [3.8, 4) is 6.07 Å². The molecular formula is C22H16N6O4. The van der Waals surface area contributed by atoms with E-state index in [2.05, 4.69) is 16.2 Å². The minimum Gasteiger partial charge on any atom is -0.361 e. The third-order valence-corrected chi connectivity index (χ3v) is 6.48. The number of aromatic nitrogens is 2. The predicted octanol–water partition coefficient (Wildman–Crippen LogP) is 1.84. The first kappa shape index (κ1) is 18.5. The van der Waals surface area contributed by atoms with Crippen LogP contribution < -0.4 is 4.90 Å². The number of rotatable bonds is 2. The highest BCUT2D eigenvalue weighted by Gasteiger charge is 2.63. The molecule has 4 amide bonds. The quantitative estimate of drug-likeness (QED) is 0.571. The van der Waals surface area contributed by atoms with Gasteiger partial charge in [-0.25, -0.2) is 9.69 Å². The molecule has 0 radical (unpaired) electrons. The molecule has 0 aliphatic carbocycles. The fourth-order valence-corrected chi connectivity index (χ4v) is 5.17. The van der Waals surface area contributed by atoms with E-state index in [4.69, 9.17) is 4.52 Å². The molecule has 6 rings (SSSR count). The number of hydrogen-bond acceptors (Lipinski definition) is 7. The number of fused-ring (bicyclic) bond motifs is 6. The second-order valence-corrected chi connectivity index (χ2v) is 8.19. The zero-order valence-electron chi connectivity index (χ0n) is 16.9. The normalized spacial score (nSPS) is 23.9. The van der Waals surface area contributed by atoms with Crippen molar-refractivity contribution in [3.05, 3.63) is 53.5 Å². The third kappa shape index (κ3) is 2.30. The Balaban J connectivity index is 1.38. The van der Waals surface area contributed by atoms with Gasteiger partial charge in [-0.2, -0.15) is 5.26 Å². The number of aryl methyl sites for hydroxylation is 1. The van der Waals surface area contributed by atoms with Crippen LogP contribution in [0.15, 0.2) is 41.1 Å². The lowest BCUT2D eigenvalue weighted by molar-refractivity contribution is -0.121. The Kier molecular flexibility index (Phi) is 3.68. The Morgan fingerprint density at radius 1 is 1.28 bits per heavy atom. The summed E-state index contributed by atoms with van der Waals surface area (Å²) < 4.78 is 5.02. The molecule has 32 heavy (non-hydrogen) atoms. The van der Waals surface area contributed by atoms with Crippen molar-refractivity contribution in [1.29, 1.82) is 5.26 Å². The van der Waals surface area contributed by atoms with Crippen LogP contribution in [0.2, 0.25) is 0 Å². The Hall–Kier alpha value is -4.26. The highest BCUT2D eigenvalue weighted by atomic mass is 16.5. The maximum Gasteiger partial charge on any atom is 0.332 e. The van der Waals surface area contributed by atoms with Gasteiger partial charge in [0.15, 0.2) is 5.69 Å². The number of nitrogens with zero attached hydrogens (tertiary/aromatic N) is 6. The van der Waals surface area contributed by atoms with E-state index in [0.717, 1.165) is 4.90 Å². The number of benzene rings is 1. The second kappa shape index (κ2) is 6.37. The number of pyridine rings is 1. The highest BCUT2D eigenvalue weighted by Crippen LogP contribution is 2.44. The molecule has 2 unspecified atom stereocenters. The summed E-state index contributed by atoms with van der Waals surface area (Å²) in [5.74, 6) is -0.161. The summed E-state index contributed by atoms with van der Waals surface area (Å²) >= 11 is 0. The van der Waals surface area contributed by atoms with Crippen molar-refractivity contribution < 1.29 is 18.9 Å². The van der Waals surface area contributed by atoms with E-state index in [0.29, 0.717) is 40.9 Å². The van der Waals surface area contributed by atoms with Gasteiger partial charge >= 0.3 is 6.03 Å². The van der Waals surface area contributed by atoms with Gasteiger partial charge in [-0.3, -0.25) is 14.6 Å². The largest absolute Gasteiger partial charge is 0.361 e. The number of anilines is 1. The minimum atomic E-state index is -0.749. The van der Waals surface area contributed by atoms with Gasteiger partial charge in [0.25, 0.3) is 11.8 Å². The smallest absolute Gasteiger partial charge is 0.332 e. The molecule has 3 aromatic rings. The van der Waals surface area contributed by atoms with E-state index in [1.54, 1.807) is 53.3 Å². The van der Waals surface area contributed by atoms with Gasteiger partial charge in [-0.1, -0.05) is 5.16 Å². The molecule has 0 spiro atoms. The fourth-order valence-electron chi connectivity index (χ4n) is 5.17. The molecule has 3 fully saturated rings. The zero-order valence-corrected chi connectivity index (χ0v) is 16.9. The lowest BCUT2D eigenvalue weighted by atomic mass is 10.1. The van der Waals surface area contributed by atoms with Crippen LogP contribution in [0.25, 0.3) is 10.9 Å². The van der Waals surface area contributed by atoms with Crippen LogP contribution in [0.3, 0.4) is 0 Å². The van der Waals surface area contributed by atoms with Crippen LogP contribution in [0.1, 0.15) is 28.2 Å². The number of piperazine rings is 1. The monoisotopic (exact) mass is 428 g/mol. The molecule has 5 heterocycles. The number of nitriles is 1. The van der Waals surface area contributed by atoms with Crippen LogP contribution in [0.5, 0.6) is 0 Å². The van der Waals surface area contributed by atoms with Crippen LogP contribution >= 0.6 is 0 Å². The topological polar surface area (TPSA) is 124 Å². The molecule has 3 atom stereocenters. The molecule has 2 bridgehead atoms. The van der Waals surface area contributed by atoms with Crippen molar-refractivity contribution >= 4 is 34.4 Å². The summed E-state index contributed by atoms with van der Waals surface area (Å²) in [5, 5.41) is 13.7. The molecule has 10 nitrogen and oxygen atoms in total. The summed E-state index contributed by atoms with van der Waals surface area (Å²) in [6, 6.07) is 8.43. The predicted molar refractivity (Wildman–Crippen MR) is 109 cm³/mol. The van der Waals surface area contributed by atoms with Crippen molar-refractivity contribution in [3.63, 3.8) is 0 Å². The van der Waals surface area contributed by atoms with Gasteiger partial charge in [0.05, 0.1) is 28.9 Å². The van der Waals surface area contributed by atoms with Gasteiger partial charge in [0, 0.05) is 24.2 Å². The van der Waals surface area contributed by atoms with Crippen LogP contribution in [0.4, 0.5) is 10.5 Å². The molecule has 0 N–H and O–H groups in total. The van der Waals surface area contributed by atoms with E-state index in [1.165, 1.54) is 0 Å². The van der Waals surface area contributed by atoms with E-state index in [9.17, 15) is 19.6 Å². The Morgan fingerprint density at radius 2 is 2.12 bits per heavy atom. The number of carbonyl (C=O) groups is 3. The van der Waals surface area contributed by atoms with Gasteiger partial charge in [-0.05, 0) is 37.6 Å². The first-order valence-corrected chi connectivity index (χ1v) is 10.2. The highest BCUT2D eigenvalue weighted by molar-refractivity contribution is 6.25. The van der Waals surface area contributed by atoms with E-state index in [-0.39, 0.29) is 23.6 Å². The summed E-state index contributed by atoms with van der Waals surface area (Å²) in [5.41, 5.74) is 1.38. The average molecular weight is 428 g/mol. The van der Waals surface area contributed by atoms with Crippen molar-refractivity contribution in [2.24, 2.45) is 0 Å². The first-order valence-electron chi connectivity index (χ1n) is 10.2. The average Bonchev–Trinajstić information content (AvgIpc) is 3.56. The molecule has 158 valence electrons. The molecule has 0 saturated carbocycles. The Bertz CT molecular complexity index is 1370. The third-order valence-electron chi connectivity index (χ3n) is 6.48. The number of carbonyl (C=O) groups excluding carboxylic acids is 3. The maximum atomic E-state index is 13.5. The summed E-state index contributed by atoms with van der Waals surface area (Å²) in [6.07, 6.45) is 2.11. The summed E-state index contributed by atoms with van der Waals surface area (Å²) in [7, 11) is 0. The number of amides is 4. The van der Waals surface area contributed by atoms with Gasteiger partial charge in [0.1, 0.15) is 17.9 Å². The molecular weight excluding hydrogens is 412 g/mol. The van der Waals surface area contributed by atoms with E-state index >= 15 is 0 Å². The fraction of sp³-hybridized carbons (Fsp3) is 0.273. The summed E-state index contributed by atoms with van der Waals surface area (Å²) in [4.78, 5) is 48.4. The van der Waals surface area contributed by atoms with Crippen molar-refractivity contribution in [2.45, 2.75) is 31.5 Å². The van der Waals surface area contributed by atoms with Gasteiger partial charge in [0.2, 0.25) is 0 Å². The van der Waals surface area contributed by atoms with Crippen LogP contribution in [0, 0.1) is 18.3 Å². The SMILES string of the molecule is Cc1cc(C(=O)N2C[C@H]3CC2C2C(=O)N(c4ccc(C#N)c5ncccc45)C(=O)N23)no1. The molecule has 3 aliphatic heterocycles. The number of imide groups is 1. The van der Waals surface area contributed by atoms with Crippen molar-refractivity contribution in [2.75, 3.05) is 11.4 Å². The molecule has 3 saturated heterocycles. The van der Waals surface area contributed by atoms with Gasteiger partial charge in [-0.15, -0.1) is 0 Å². The number of hydrogen-bond donors (Lipinski definition) is 0. The lowest BCUT2D eigenvalue weighted by Crippen LogP contribution is -2.54. The lowest BCUT2D eigenvalue weighted by Gasteiger charge is -2.34. The summed E-state index contributed by atoms with van der Waals surface area (Å²) in [6.45, 7) is 2.05. The Labute approximate surface area is 181 Å². The first-order chi connectivity index (χ1) is 15.5. The van der Waals surface area contributed by atoms with Gasteiger partial charge < -0.3 is 14.3 Å². The maximum absolute atomic E-state index is 13.5.